The van der Waals surface area contributed by atoms with Crippen LogP contribution in [0.4, 0.5) is 0 Å². The predicted molar refractivity (Wildman–Crippen MR) is 98.2 cm³/mol. The number of benzene rings is 1. The van der Waals surface area contributed by atoms with Crippen LogP contribution in [0.15, 0.2) is 34.9 Å². The van der Waals surface area contributed by atoms with E-state index in [9.17, 15) is 4.79 Å². The van der Waals surface area contributed by atoms with E-state index in [2.05, 4.69) is 29.4 Å². The summed E-state index contributed by atoms with van der Waals surface area (Å²) in [4.78, 5) is 18.8. The molecule has 1 unspecified atom stereocenters. The lowest BCUT2D eigenvalue weighted by atomic mass is 9.97. The molecule has 0 bridgehead atoms. The molecule has 0 saturated carbocycles. The molecule has 1 aromatic carbocycles. The topological polar surface area (TPSA) is 58.4 Å². The molecule has 1 aliphatic rings. The first-order chi connectivity index (χ1) is 12.2. The van der Waals surface area contributed by atoms with Gasteiger partial charge in [0, 0.05) is 31.5 Å². The summed E-state index contributed by atoms with van der Waals surface area (Å²) in [5.41, 5.74) is 2.23. The lowest BCUT2D eigenvalue weighted by molar-refractivity contribution is -0.133. The van der Waals surface area contributed by atoms with Gasteiger partial charge in [-0.05, 0) is 39.3 Å². The van der Waals surface area contributed by atoms with E-state index in [0.717, 1.165) is 37.4 Å². The average Bonchev–Trinajstić information content (AvgIpc) is 3.10. The second kappa shape index (κ2) is 8.30. The van der Waals surface area contributed by atoms with E-state index >= 15 is 0 Å². The normalized spacial score (nSPS) is 17.7. The standard InChI is InChI=1S/C20H27N3O2/c1-15-5-7-17(8-6-15)18-13-22-19(25-18)9-10-20(24)23-11-3-4-16(14-23)12-21-2/h5-8,13,16,21H,3-4,9-12,14H2,1-2H3. The number of rotatable bonds is 6. The van der Waals surface area contributed by atoms with Crippen LogP contribution in [0.1, 0.15) is 30.7 Å². The van der Waals surface area contributed by atoms with Crippen LogP contribution in [0.25, 0.3) is 11.3 Å². The maximum absolute atomic E-state index is 12.5. The molecule has 2 aromatic rings. The summed E-state index contributed by atoms with van der Waals surface area (Å²) in [5, 5.41) is 3.21. The molecule has 1 aromatic heterocycles. The first kappa shape index (κ1) is 17.7. The van der Waals surface area contributed by atoms with Crippen molar-refractivity contribution in [3.8, 4) is 11.3 Å². The van der Waals surface area contributed by atoms with Crippen LogP contribution in [0.2, 0.25) is 0 Å². The zero-order valence-electron chi connectivity index (χ0n) is 15.1. The Morgan fingerprint density at radius 2 is 2.16 bits per heavy atom. The molecular formula is C20H27N3O2. The largest absolute Gasteiger partial charge is 0.441 e. The molecule has 1 atom stereocenters. The van der Waals surface area contributed by atoms with Crippen LogP contribution >= 0.6 is 0 Å². The van der Waals surface area contributed by atoms with E-state index in [-0.39, 0.29) is 5.91 Å². The highest BCUT2D eigenvalue weighted by Gasteiger charge is 2.23. The molecule has 25 heavy (non-hydrogen) atoms. The van der Waals surface area contributed by atoms with E-state index in [1.54, 1.807) is 6.20 Å². The number of aromatic nitrogens is 1. The van der Waals surface area contributed by atoms with Gasteiger partial charge in [-0.25, -0.2) is 4.98 Å². The second-order valence-corrected chi connectivity index (χ2v) is 6.89. The van der Waals surface area contributed by atoms with Gasteiger partial charge in [0.2, 0.25) is 5.91 Å². The van der Waals surface area contributed by atoms with Crippen molar-refractivity contribution >= 4 is 5.91 Å². The van der Waals surface area contributed by atoms with E-state index < -0.39 is 0 Å². The van der Waals surface area contributed by atoms with Crippen LogP contribution < -0.4 is 5.32 Å². The molecule has 5 heteroatoms. The smallest absolute Gasteiger partial charge is 0.223 e. The number of amides is 1. The number of piperidine rings is 1. The minimum atomic E-state index is 0.205. The van der Waals surface area contributed by atoms with Crippen molar-refractivity contribution in [1.29, 1.82) is 0 Å². The Balaban J connectivity index is 1.53. The van der Waals surface area contributed by atoms with Crippen LogP contribution in [0.3, 0.4) is 0 Å². The number of aryl methyl sites for hydroxylation is 2. The summed E-state index contributed by atoms with van der Waals surface area (Å²) in [6.45, 7) is 4.77. The third-order valence-corrected chi connectivity index (χ3v) is 4.81. The Labute approximate surface area is 149 Å². The van der Waals surface area contributed by atoms with Crippen LogP contribution in [0, 0.1) is 12.8 Å². The lowest BCUT2D eigenvalue weighted by Crippen LogP contribution is -2.42. The van der Waals surface area contributed by atoms with Gasteiger partial charge in [0.1, 0.15) is 0 Å². The minimum absolute atomic E-state index is 0.205. The predicted octanol–water partition coefficient (Wildman–Crippen LogP) is 3.04. The van der Waals surface area contributed by atoms with Crippen LogP contribution in [0.5, 0.6) is 0 Å². The number of nitrogens with zero attached hydrogens (tertiary/aromatic N) is 2. The number of carbonyl (C=O) groups is 1. The number of hydrogen-bond donors (Lipinski definition) is 1. The zero-order chi connectivity index (χ0) is 17.6. The highest BCUT2D eigenvalue weighted by Crippen LogP contribution is 2.22. The third kappa shape index (κ3) is 4.69. The van der Waals surface area contributed by atoms with Crippen molar-refractivity contribution in [2.45, 2.75) is 32.6 Å². The maximum atomic E-state index is 12.5. The number of oxazole rings is 1. The Morgan fingerprint density at radius 3 is 2.92 bits per heavy atom. The molecule has 0 spiro atoms. The van der Waals surface area contributed by atoms with Gasteiger partial charge in [-0.3, -0.25) is 4.79 Å². The molecule has 2 heterocycles. The first-order valence-electron chi connectivity index (χ1n) is 9.10. The molecule has 1 saturated heterocycles. The van der Waals surface area contributed by atoms with Gasteiger partial charge >= 0.3 is 0 Å². The summed E-state index contributed by atoms with van der Waals surface area (Å²) >= 11 is 0. The van der Waals surface area contributed by atoms with Crippen molar-refractivity contribution in [3.63, 3.8) is 0 Å². The molecule has 3 rings (SSSR count). The van der Waals surface area contributed by atoms with Gasteiger partial charge in [0.05, 0.1) is 6.20 Å². The molecule has 1 aliphatic heterocycles. The lowest BCUT2D eigenvalue weighted by Gasteiger charge is -2.32. The number of carbonyl (C=O) groups excluding carboxylic acids is 1. The molecule has 1 amide bonds. The van der Waals surface area contributed by atoms with Crippen molar-refractivity contribution in [1.82, 2.24) is 15.2 Å². The summed E-state index contributed by atoms with van der Waals surface area (Å²) in [7, 11) is 1.97. The van der Waals surface area contributed by atoms with E-state index in [0.29, 0.717) is 24.7 Å². The molecule has 5 nitrogen and oxygen atoms in total. The number of hydrogen-bond acceptors (Lipinski definition) is 4. The fourth-order valence-electron chi connectivity index (χ4n) is 3.40. The molecule has 0 aliphatic carbocycles. The van der Waals surface area contributed by atoms with Gasteiger partial charge in [-0.1, -0.05) is 29.8 Å². The summed E-state index contributed by atoms with van der Waals surface area (Å²) < 4.78 is 5.82. The Morgan fingerprint density at radius 1 is 1.36 bits per heavy atom. The third-order valence-electron chi connectivity index (χ3n) is 4.81. The zero-order valence-corrected chi connectivity index (χ0v) is 15.1. The highest BCUT2D eigenvalue weighted by atomic mass is 16.4. The highest BCUT2D eigenvalue weighted by molar-refractivity contribution is 5.76. The van der Waals surface area contributed by atoms with Gasteiger partial charge in [0.15, 0.2) is 11.7 Å². The number of nitrogens with one attached hydrogen (secondary N) is 1. The molecule has 1 N–H and O–H groups in total. The van der Waals surface area contributed by atoms with Crippen molar-refractivity contribution in [3.05, 3.63) is 41.9 Å². The van der Waals surface area contributed by atoms with Crippen molar-refractivity contribution in [2.24, 2.45) is 5.92 Å². The van der Waals surface area contributed by atoms with Crippen LogP contribution in [-0.4, -0.2) is 42.5 Å². The van der Waals surface area contributed by atoms with Gasteiger partial charge in [0.25, 0.3) is 0 Å². The fraction of sp³-hybridized carbons (Fsp3) is 0.500. The molecular weight excluding hydrogens is 314 g/mol. The average molecular weight is 341 g/mol. The Kier molecular flexibility index (Phi) is 5.87. The number of likely N-dealkylation sites (tertiary alicyclic amines) is 1. The fourth-order valence-corrected chi connectivity index (χ4v) is 3.40. The van der Waals surface area contributed by atoms with Gasteiger partial charge < -0.3 is 14.6 Å². The summed E-state index contributed by atoms with van der Waals surface area (Å²) in [6.07, 6.45) is 5.05. The quantitative estimate of drug-likeness (QED) is 0.877. The first-order valence-corrected chi connectivity index (χ1v) is 9.10. The van der Waals surface area contributed by atoms with E-state index in [1.165, 1.54) is 12.0 Å². The Bertz CT molecular complexity index is 691. The maximum Gasteiger partial charge on any atom is 0.223 e. The van der Waals surface area contributed by atoms with Gasteiger partial charge in [-0.15, -0.1) is 0 Å². The van der Waals surface area contributed by atoms with Gasteiger partial charge in [-0.2, -0.15) is 0 Å². The van der Waals surface area contributed by atoms with Crippen LogP contribution in [-0.2, 0) is 11.2 Å². The monoisotopic (exact) mass is 341 g/mol. The molecule has 134 valence electrons. The second-order valence-electron chi connectivity index (χ2n) is 6.89. The summed E-state index contributed by atoms with van der Waals surface area (Å²) in [5.74, 6) is 2.16. The minimum Gasteiger partial charge on any atom is -0.441 e. The molecule has 1 fully saturated rings. The molecule has 0 radical (unpaired) electrons. The van der Waals surface area contributed by atoms with E-state index in [1.807, 2.05) is 24.1 Å². The SMILES string of the molecule is CNCC1CCCN(C(=O)CCc2ncc(-c3ccc(C)cc3)o2)C1. The Hall–Kier alpha value is -2.14. The van der Waals surface area contributed by atoms with Crippen molar-refractivity contribution < 1.29 is 9.21 Å². The summed E-state index contributed by atoms with van der Waals surface area (Å²) in [6, 6.07) is 8.17. The van der Waals surface area contributed by atoms with Crippen molar-refractivity contribution in [2.75, 3.05) is 26.7 Å². The van der Waals surface area contributed by atoms with E-state index in [4.69, 9.17) is 4.42 Å².